The van der Waals surface area contributed by atoms with Crippen molar-refractivity contribution in [2.75, 3.05) is 0 Å². The number of amides is 2. The molecule has 3 N–H and O–H groups in total. The molecule has 4 aromatic rings. The zero-order valence-electron chi connectivity index (χ0n) is 20.7. The van der Waals surface area contributed by atoms with E-state index in [2.05, 4.69) is 15.3 Å². The minimum atomic E-state index is -0.712. The second kappa shape index (κ2) is 10.9. The van der Waals surface area contributed by atoms with Crippen molar-refractivity contribution >= 4 is 11.8 Å². The van der Waals surface area contributed by atoms with Gasteiger partial charge in [-0.15, -0.1) is 0 Å². The normalized spacial score (nSPS) is 13.5. The van der Waals surface area contributed by atoms with Gasteiger partial charge in [0.25, 0.3) is 0 Å². The molecule has 0 fully saturated rings. The number of primary amides is 1. The molecular weight excluding hydrogens is 488 g/mol. The van der Waals surface area contributed by atoms with Gasteiger partial charge in [0.15, 0.2) is 0 Å². The van der Waals surface area contributed by atoms with Crippen LogP contribution in [0.25, 0.3) is 11.1 Å². The van der Waals surface area contributed by atoms with Crippen molar-refractivity contribution in [1.29, 1.82) is 0 Å². The lowest BCUT2D eigenvalue weighted by molar-refractivity contribution is -0.122. The summed E-state index contributed by atoms with van der Waals surface area (Å²) in [7, 11) is 0. The van der Waals surface area contributed by atoms with Crippen molar-refractivity contribution in [3.05, 3.63) is 107 Å². The number of nitrogens with two attached hydrogens (primary N) is 1. The van der Waals surface area contributed by atoms with Crippen molar-refractivity contribution in [2.24, 2.45) is 5.73 Å². The maximum atomic E-state index is 14.0. The van der Waals surface area contributed by atoms with Gasteiger partial charge in [-0.25, -0.2) is 13.8 Å². The Morgan fingerprint density at radius 1 is 1.00 bits per heavy atom. The number of nitrogens with one attached hydrogen (secondary N) is 1. The van der Waals surface area contributed by atoms with Crippen molar-refractivity contribution in [3.63, 3.8) is 0 Å². The number of hydrogen-bond acceptors (Lipinski definition) is 4. The van der Waals surface area contributed by atoms with E-state index in [1.54, 1.807) is 36.8 Å². The van der Waals surface area contributed by atoms with Crippen LogP contribution in [0.4, 0.5) is 8.78 Å². The zero-order chi connectivity index (χ0) is 26.6. The molecule has 38 heavy (non-hydrogen) atoms. The fraction of sp³-hybridized carbons (Fsp3) is 0.241. The number of carbonyl (C=O) groups is 2. The number of imidazole rings is 1. The lowest BCUT2D eigenvalue weighted by Crippen LogP contribution is -2.34. The number of nitrogens with zero attached hydrogens (tertiary/aromatic N) is 3. The molecule has 0 bridgehead atoms. The number of halogens is 2. The van der Waals surface area contributed by atoms with Crippen molar-refractivity contribution < 1.29 is 18.4 Å². The molecule has 1 aliphatic rings. The van der Waals surface area contributed by atoms with E-state index in [1.807, 2.05) is 16.7 Å². The standard InChI is InChI=1S/C29H27F2N5O2/c30-21-11-18(12-22(31)15-21)13-25(35-27(37)16-36-17-34-24-8-1-2-9-26(24)36)28-23(7-4-10-33-28)19-5-3-6-20(14-19)29(32)38/h3-7,10-12,14-15,17,25H,1-2,8-9,13,16H2,(H2,32,38)(H,35,37)/t25-/m0/s1. The first-order valence-electron chi connectivity index (χ1n) is 12.5. The molecule has 1 atom stereocenters. The van der Waals surface area contributed by atoms with Crippen LogP contribution in [0.15, 0.2) is 67.1 Å². The van der Waals surface area contributed by atoms with Crippen molar-refractivity contribution in [3.8, 4) is 11.1 Å². The summed E-state index contributed by atoms with van der Waals surface area (Å²) in [5.41, 5.74) is 10.1. The van der Waals surface area contributed by atoms with Gasteiger partial charge in [0, 0.05) is 29.1 Å². The molecule has 5 rings (SSSR count). The highest BCUT2D eigenvalue weighted by Gasteiger charge is 2.23. The third-order valence-electron chi connectivity index (χ3n) is 6.75. The van der Waals surface area contributed by atoms with E-state index in [9.17, 15) is 18.4 Å². The maximum absolute atomic E-state index is 14.0. The molecule has 2 aromatic heterocycles. The summed E-state index contributed by atoms with van der Waals surface area (Å²) in [5, 5.41) is 3.03. The summed E-state index contributed by atoms with van der Waals surface area (Å²) >= 11 is 0. The lowest BCUT2D eigenvalue weighted by atomic mass is 9.94. The number of hydrogen-bond donors (Lipinski definition) is 2. The molecule has 1 aliphatic carbocycles. The molecule has 0 saturated carbocycles. The summed E-state index contributed by atoms with van der Waals surface area (Å²) in [6.07, 6.45) is 7.29. The Hall–Kier alpha value is -4.40. The van der Waals surface area contributed by atoms with Gasteiger partial charge in [-0.3, -0.25) is 14.6 Å². The van der Waals surface area contributed by atoms with Crippen molar-refractivity contribution in [1.82, 2.24) is 19.9 Å². The number of benzene rings is 2. The molecule has 9 heteroatoms. The largest absolute Gasteiger partial charge is 0.366 e. The summed E-state index contributed by atoms with van der Waals surface area (Å²) in [6.45, 7) is 0.0652. The first-order valence-corrected chi connectivity index (χ1v) is 12.5. The summed E-state index contributed by atoms with van der Waals surface area (Å²) in [5.74, 6) is -2.25. The first kappa shape index (κ1) is 25.3. The summed E-state index contributed by atoms with van der Waals surface area (Å²) in [6, 6.07) is 12.9. The van der Waals surface area contributed by atoms with Gasteiger partial charge in [-0.1, -0.05) is 18.2 Å². The maximum Gasteiger partial charge on any atom is 0.248 e. The SMILES string of the molecule is NC(=O)c1cccc(-c2cccnc2[C@H](Cc2cc(F)cc(F)c2)NC(=O)Cn2cnc3c2CCCC3)c1. The fourth-order valence-electron chi connectivity index (χ4n) is 5.02. The van der Waals surface area contributed by atoms with Gasteiger partial charge in [0.1, 0.15) is 18.2 Å². The third kappa shape index (κ3) is 5.61. The fourth-order valence-corrected chi connectivity index (χ4v) is 5.02. The van der Waals surface area contributed by atoms with Crippen LogP contribution in [-0.4, -0.2) is 26.3 Å². The smallest absolute Gasteiger partial charge is 0.248 e. The topological polar surface area (TPSA) is 103 Å². The average Bonchev–Trinajstić information content (AvgIpc) is 3.30. The Labute approximate surface area is 218 Å². The monoisotopic (exact) mass is 515 g/mol. The van der Waals surface area contributed by atoms with Gasteiger partial charge >= 0.3 is 0 Å². The number of carbonyl (C=O) groups excluding carboxylic acids is 2. The van der Waals surface area contributed by atoms with Crippen LogP contribution in [0.1, 0.15) is 51.9 Å². The summed E-state index contributed by atoms with van der Waals surface area (Å²) in [4.78, 5) is 34.1. The van der Waals surface area contributed by atoms with Gasteiger partial charge in [0.05, 0.1) is 23.8 Å². The minimum absolute atomic E-state index is 0.0652. The van der Waals surface area contributed by atoms with Crippen LogP contribution in [0, 0.1) is 11.6 Å². The number of aryl methyl sites for hydroxylation is 1. The Morgan fingerprint density at radius 2 is 1.79 bits per heavy atom. The quantitative estimate of drug-likeness (QED) is 0.365. The number of rotatable bonds is 8. The Balaban J connectivity index is 1.49. The van der Waals surface area contributed by atoms with E-state index in [1.165, 1.54) is 12.1 Å². The molecule has 0 spiro atoms. The minimum Gasteiger partial charge on any atom is -0.366 e. The van der Waals surface area contributed by atoms with Crippen molar-refractivity contribution in [2.45, 2.75) is 44.7 Å². The highest BCUT2D eigenvalue weighted by Crippen LogP contribution is 2.30. The van der Waals surface area contributed by atoms with E-state index < -0.39 is 23.6 Å². The second-order valence-electron chi connectivity index (χ2n) is 9.46. The molecule has 7 nitrogen and oxygen atoms in total. The Morgan fingerprint density at radius 3 is 2.58 bits per heavy atom. The van der Waals surface area contributed by atoms with Gasteiger partial charge in [-0.2, -0.15) is 0 Å². The van der Waals surface area contributed by atoms with E-state index in [0.29, 0.717) is 27.9 Å². The predicted molar refractivity (Wildman–Crippen MR) is 138 cm³/mol. The van der Waals surface area contributed by atoms with Crippen LogP contribution >= 0.6 is 0 Å². The molecule has 194 valence electrons. The van der Waals surface area contributed by atoms with Crippen LogP contribution in [0.3, 0.4) is 0 Å². The van der Waals surface area contributed by atoms with E-state index in [4.69, 9.17) is 5.73 Å². The number of pyridine rings is 1. The van der Waals surface area contributed by atoms with Gasteiger partial charge in [-0.05, 0) is 73.6 Å². The first-order chi connectivity index (χ1) is 18.4. The molecule has 2 aromatic carbocycles. The predicted octanol–water partition coefficient (Wildman–Crippen LogP) is 4.30. The van der Waals surface area contributed by atoms with Gasteiger partial charge in [0.2, 0.25) is 11.8 Å². The van der Waals surface area contributed by atoms with Gasteiger partial charge < -0.3 is 15.6 Å². The highest BCUT2D eigenvalue weighted by molar-refractivity contribution is 5.94. The molecule has 0 aliphatic heterocycles. The molecular formula is C29H27F2N5O2. The molecule has 0 unspecified atom stereocenters. The Bertz CT molecular complexity index is 1480. The summed E-state index contributed by atoms with van der Waals surface area (Å²) < 4.78 is 29.9. The van der Waals surface area contributed by atoms with Crippen LogP contribution in [-0.2, 0) is 30.6 Å². The highest BCUT2D eigenvalue weighted by atomic mass is 19.1. The average molecular weight is 516 g/mol. The number of aromatic nitrogens is 3. The molecule has 0 radical (unpaired) electrons. The van der Waals surface area contributed by atoms with E-state index in [0.717, 1.165) is 43.1 Å². The lowest BCUT2D eigenvalue weighted by Gasteiger charge is -2.22. The van der Waals surface area contributed by atoms with E-state index in [-0.39, 0.29) is 18.9 Å². The second-order valence-corrected chi connectivity index (χ2v) is 9.46. The van der Waals surface area contributed by atoms with Crippen LogP contribution in [0.2, 0.25) is 0 Å². The van der Waals surface area contributed by atoms with Crippen LogP contribution in [0.5, 0.6) is 0 Å². The Kier molecular flexibility index (Phi) is 7.26. The number of fused-ring (bicyclic) bond motifs is 1. The third-order valence-corrected chi connectivity index (χ3v) is 6.75. The molecule has 2 amide bonds. The van der Waals surface area contributed by atoms with Crippen LogP contribution < -0.4 is 11.1 Å². The molecule has 2 heterocycles. The molecule has 0 saturated heterocycles. The van der Waals surface area contributed by atoms with E-state index >= 15 is 0 Å². The zero-order valence-corrected chi connectivity index (χ0v) is 20.7.